The highest BCUT2D eigenvalue weighted by Gasteiger charge is 2.46. The molecule has 6 rings (SSSR count). The summed E-state index contributed by atoms with van der Waals surface area (Å²) < 4.78 is 69.5. The van der Waals surface area contributed by atoms with Crippen molar-refractivity contribution in [3.8, 4) is 0 Å². The Morgan fingerprint density at radius 1 is 0.980 bits per heavy atom. The molecule has 17 heteroatoms. The second kappa shape index (κ2) is 15.1. The highest BCUT2D eigenvalue weighted by molar-refractivity contribution is 8.01. The summed E-state index contributed by atoms with van der Waals surface area (Å²) in [5.74, 6) is -2.34. The lowest BCUT2D eigenvalue weighted by atomic mass is 10.0. The standard InChI is InChI=1S/C34H32F3N5O6S3/c35-34(36,37)22-12-14-23(15-13-22)51(47,48)40-25-16-17-30(44)41-18-6-10-27(42(41)32(25)46)31(45)38-26(19-21-7-2-1-3-8-21)28(43)20-49-33-39-24-9-4-5-11-29(24)50-33/h1-5,7-9,11-15,25-27,40H,6,10,16-20H2,(H,38,45)/t25?,26-,27-/m0/s1. The van der Waals surface area contributed by atoms with Gasteiger partial charge in [0, 0.05) is 13.0 Å². The van der Waals surface area contributed by atoms with Crippen molar-refractivity contribution in [1.82, 2.24) is 25.0 Å². The summed E-state index contributed by atoms with van der Waals surface area (Å²) in [4.78, 5) is 58.9. The highest BCUT2D eigenvalue weighted by atomic mass is 32.2. The summed E-state index contributed by atoms with van der Waals surface area (Å²) in [6, 6.07) is 15.7. The number of ketones is 1. The van der Waals surface area contributed by atoms with Gasteiger partial charge in [-0.05, 0) is 67.6 Å². The number of sulfonamides is 1. The molecule has 11 nitrogen and oxygen atoms in total. The van der Waals surface area contributed by atoms with Gasteiger partial charge in [0.1, 0.15) is 12.1 Å². The Balaban J connectivity index is 1.20. The normalized spacial score (nSPS) is 19.0. The summed E-state index contributed by atoms with van der Waals surface area (Å²) in [6.07, 6.45) is -4.50. The maximum absolute atomic E-state index is 14.0. The van der Waals surface area contributed by atoms with Crippen molar-refractivity contribution in [2.75, 3.05) is 12.3 Å². The van der Waals surface area contributed by atoms with E-state index in [9.17, 15) is 40.8 Å². The fraction of sp³-hybridized carbons (Fsp3) is 0.324. The molecule has 0 radical (unpaired) electrons. The van der Waals surface area contributed by atoms with Gasteiger partial charge in [0.2, 0.25) is 21.8 Å². The highest BCUT2D eigenvalue weighted by Crippen LogP contribution is 2.31. The number of alkyl halides is 3. The van der Waals surface area contributed by atoms with E-state index in [0.717, 1.165) is 37.9 Å². The molecule has 0 saturated carbocycles. The van der Waals surface area contributed by atoms with Gasteiger partial charge in [0.25, 0.3) is 5.91 Å². The van der Waals surface area contributed by atoms with Crippen LogP contribution in [0.1, 0.15) is 36.8 Å². The number of halogens is 3. The van der Waals surface area contributed by atoms with Crippen molar-refractivity contribution < 1.29 is 40.8 Å². The van der Waals surface area contributed by atoms with Crippen molar-refractivity contribution in [3.05, 3.63) is 90.0 Å². The zero-order valence-electron chi connectivity index (χ0n) is 26.8. The number of aromatic nitrogens is 1. The first kappa shape index (κ1) is 36.5. The monoisotopic (exact) mass is 759 g/mol. The minimum absolute atomic E-state index is 0.00330. The minimum Gasteiger partial charge on any atom is -0.344 e. The molecule has 1 aromatic heterocycles. The van der Waals surface area contributed by atoms with Crippen molar-refractivity contribution in [2.24, 2.45) is 0 Å². The Morgan fingerprint density at radius 2 is 1.69 bits per heavy atom. The average molecular weight is 760 g/mol. The molecule has 2 aliphatic rings. The first-order chi connectivity index (χ1) is 24.3. The first-order valence-corrected chi connectivity index (χ1v) is 19.3. The Morgan fingerprint density at radius 3 is 2.39 bits per heavy atom. The average Bonchev–Trinajstić information content (AvgIpc) is 3.50. The molecule has 0 aliphatic carbocycles. The van der Waals surface area contributed by atoms with E-state index in [1.807, 2.05) is 42.5 Å². The number of nitrogens with one attached hydrogen (secondary N) is 2. The van der Waals surface area contributed by atoms with Gasteiger partial charge in [-0.15, -0.1) is 11.3 Å². The maximum Gasteiger partial charge on any atom is 0.416 e. The van der Waals surface area contributed by atoms with Crippen LogP contribution in [0.5, 0.6) is 0 Å². The number of rotatable bonds is 11. The number of hydrogen-bond acceptors (Lipinski definition) is 9. The van der Waals surface area contributed by atoms with E-state index < -0.39 is 62.5 Å². The van der Waals surface area contributed by atoms with Crippen LogP contribution in [0.2, 0.25) is 0 Å². The molecule has 2 aliphatic heterocycles. The SMILES string of the molecule is O=C(CSc1nc2ccccc2s1)[C@H](Cc1ccccc1)NC(=O)[C@@H]1CCCN2C(=O)CCC(NS(=O)(=O)c3ccc(C(F)(F)F)cc3)C(=O)N12. The van der Waals surface area contributed by atoms with E-state index >= 15 is 0 Å². The topological polar surface area (TPSA) is 146 Å². The van der Waals surface area contributed by atoms with E-state index in [-0.39, 0.29) is 43.8 Å². The molecule has 51 heavy (non-hydrogen) atoms. The smallest absolute Gasteiger partial charge is 0.344 e. The minimum atomic E-state index is -4.68. The summed E-state index contributed by atoms with van der Waals surface area (Å²) in [6.45, 7) is 0.109. The van der Waals surface area contributed by atoms with Crippen molar-refractivity contribution in [3.63, 3.8) is 0 Å². The summed E-state index contributed by atoms with van der Waals surface area (Å²) in [5, 5.41) is 4.92. The Bertz CT molecular complexity index is 2010. The lowest BCUT2D eigenvalue weighted by Crippen LogP contribution is -2.64. The van der Waals surface area contributed by atoms with Crippen LogP contribution in [0.15, 0.2) is 88.1 Å². The molecule has 0 spiro atoms. The third kappa shape index (κ3) is 8.43. The third-order valence-corrected chi connectivity index (χ3v) is 12.2. The number of nitrogens with zero attached hydrogens (tertiary/aromatic N) is 3. The van der Waals surface area contributed by atoms with E-state index in [4.69, 9.17) is 0 Å². The van der Waals surface area contributed by atoms with Gasteiger partial charge in [-0.1, -0.05) is 54.2 Å². The first-order valence-electron chi connectivity index (χ1n) is 16.0. The molecular weight excluding hydrogens is 728 g/mol. The molecule has 2 fully saturated rings. The summed E-state index contributed by atoms with van der Waals surface area (Å²) in [5.41, 5.74) is 0.546. The summed E-state index contributed by atoms with van der Waals surface area (Å²) >= 11 is 2.70. The molecule has 2 N–H and O–H groups in total. The van der Waals surface area contributed by atoms with E-state index in [1.54, 1.807) is 12.1 Å². The lowest BCUT2D eigenvalue weighted by molar-refractivity contribution is -0.176. The molecular formula is C34H32F3N5O6S3. The Labute approximate surface area is 299 Å². The Hall–Kier alpha value is -4.32. The van der Waals surface area contributed by atoms with Crippen molar-refractivity contribution >= 4 is 66.8 Å². The molecule has 1 unspecified atom stereocenters. The number of hydrogen-bond donors (Lipinski definition) is 2. The van der Waals surface area contributed by atoms with Crippen LogP contribution < -0.4 is 10.0 Å². The Kier molecular flexibility index (Phi) is 10.8. The maximum atomic E-state index is 14.0. The number of thiazole rings is 1. The number of fused-ring (bicyclic) bond motifs is 2. The number of carbonyl (C=O) groups excluding carboxylic acids is 4. The van der Waals surface area contributed by atoms with Gasteiger partial charge < -0.3 is 5.32 Å². The van der Waals surface area contributed by atoms with Crippen LogP contribution in [-0.2, 0) is 41.8 Å². The molecule has 0 bridgehead atoms. The van der Waals surface area contributed by atoms with Crippen LogP contribution in [0.4, 0.5) is 13.2 Å². The quantitative estimate of drug-likeness (QED) is 0.212. The third-order valence-electron chi connectivity index (χ3n) is 8.55. The number of benzene rings is 3. The number of para-hydroxylation sites is 1. The lowest BCUT2D eigenvalue weighted by Gasteiger charge is -2.43. The van der Waals surface area contributed by atoms with E-state index in [0.29, 0.717) is 22.9 Å². The van der Waals surface area contributed by atoms with Crippen molar-refractivity contribution in [1.29, 1.82) is 0 Å². The molecule has 3 aromatic carbocycles. The molecule has 3 amide bonds. The molecule has 268 valence electrons. The second-order valence-electron chi connectivity index (χ2n) is 12.0. The van der Waals surface area contributed by atoms with Gasteiger partial charge in [-0.2, -0.15) is 17.9 Å². The number of carbonyl (C=O) groups is 4. The van der Waals surface area contributed by atoms with Gasteiger partial charge in [-0.25, -0.2) is 18.4 Å². The number of Topliss-reactive ketones (excluding diaryl/α,β-unsaturated/α-hetero) is 1. The largest absolute Gasteiger partial charge is 0.416 e. The predicted octanol–water partition coefficient (Wildman–Crippen LogP) is 4.58. The zero-order valence-corrected chi connectivity index (χ0v) is 29.3. The van der Waals surface area contributed by atoms with Gasteiger partial charge >= 0.3 is 6.18 Å². The van der Waals surface area contributed by atoms with Crippen LogP contribution in [0, 0.1) is 0 Å². The molecule has 4 aromatic rings. The van der Waals surface area contributed by atoms with Crippen LogP contribution in [0.3, 0.4) is 0 Å². The van der Waals surface area contributed by atoms with Crippen LogP contribution in [-0.4, -0.2) is 77.3 Å². The predicted molar refractivity (Wildman–Crippen MR) is 184 cm³/mol. The van der Waals surface area contributed by atoms with Crippen LogP contribution in [0.25, 0.3) is 10.2 Å². The van der Waals surface area contributed by atoms with Crippen molar-refractivity contribution in [2.45, 2.75) is 65.6 Å². The zero-order chi connectivity index (χ0) is 36.3. The molecule has 3 heterocycles. The fourth-order valence-electron chi connectivity index (χ4n) is 5.97. The molecule has 3 atom stereocenters. The van der Waals surface area contributed by atoms with Crippen LogP contribution >= 0.6 is 23.1 Å². The fourth-order valence-corrected chi connectivity index (χ4v) is 9.20. The molecule has 2 saturated heterocycles. The number of amides is 3. The second-order valence-corrected chi connectivity index (χ2v) is 16.0. The number of thioether (sulfide) groups is 1. The van der Waals surface area contributed by atoms with E-state index in [1.165, 1.54) is 23.1 Å². The number of hydrazine groups is 1. The van der Waals surface area contributed by atoms with Gasteiger partial charge in [0.15, 0.2) is 10.1 Å². The van der Waals surface area contributed by atoms with Gasteiger partial charge in [-0.3, -0.25) is 24.2 Å². The summed E-state index contributed by atoms with van der Waals surface area (Å²) in [7, 11) is -4.51. The van der Waals surface area contributed by atoms with E-state index in [2.05, 4.69) is 15.0 Å². The van der Waals surface area contributed by atoms with Gasteiger partial charge in [0.05, 0.1) is 32.5 Å².